The highest BCUT2D eigenvalue weighted by Gasteiger charge is 2.37. The fourth-order valence-corrected chi connectivity index (χ4v) is 5.37. The second-order valence-corrected chi connectivity index (χ2v) is 8.64. The van der Waals surface area contributed by atoms with E-state index in [1.807, 2.05) is 18.2 Å². The summed E-state index contributed by atoms with van der Waals surface area (Å²) in [5.74, 6) is 3.33. The van der Waals surface area contributed by atoms with Crippen LogP contribution < -0.4 is 20.1 Å². The summed E-state index contributed by atoms with van der Waals surface area (Å²) >= 11 is 1.62. The number of rotatable bonds is 5. The van der Waals surface area contributed by atoms with Crippen LogP contribution in [0.3, 0.4) is 0 Å². The van der Waals surface area contributed by atoms with Crippen molar-refractivity contribution in [3.05, 3.63) is 18.2 Å². The van der Waals surface area contributed by atoms with Gasteiger partial charge in [-0.2, -0.15) is 0 Å². The summed E-state index contributed by atoms with van der Waals surface area (Å²) in [5, 5.41) is 16.4. The van der Waals surface area contributed by atoms with Crippen molar-refractivity contribution in [1.29, 1.82) is 0 Å². The maximum Gasteiger partial charge on any atom is 0.231 e. The van der Waals surface area contributed by atoms with Gasteiger partial charge in [-0.05, 0) is 38.0 Å². The van der Waals surface area contributed by atoms with Gasteiger partial charge >= 0.3 is 0 Å². The molecule has 9 heteroatoms. The summed E-state index contributed by atoms with van der Waals surface area (Å²) < 4.78 is 13.0. The van der Waals surface area contributed by atoms with E-state index < -0.39 is 0 Å². The van der Waals surface area contributed by atoms with Gasteiger partial charge in [0.1, 0.15) is 0 Å². The predicted molar refractivity (Wildman–Crippen MR) is 109 cm³/mol. The van der Waals surface area contributed by atoms with Crippen LogP contribution in [0.15, 0.2) is 23.4 Å². The fourth-order valence-electron chi connectivity index (χ4n) is 4.40. The van der Waals surface area contributed by atoms with Crippen molar-refractivity contribution in [2.24, 2.45) is 5.92 Å². The zero-order chi connectivity index (χ0) is 19.8. The lowest BCUT2D eigenvalue weighted by molar-refractivity contribution is -0.130. The molecule has 8 nitrogen and oxygen atoms in total. The largest absolute Gasteiger partial charge is 0.454 e. The maximum absolute atomic E-state index is 12.4. The maximum atomic E-state index is 12.4. The molecule has 3 heterocycles. The molecule has 3 unspecified atom stereocenters. The second kappa shape index (κ2) is 7.87. The molecule has 0 bridgehead atoms. The quantitative estimate of drug-likeness (QED) is 0.725. The van der Waals surface area contributed by atoms with E-state index in [-0.39, 0.29) is 24.8 Å². The number of aromatic nitrogens is 3. The van der Waals surface area contributed by atoms with Gasteiger partial charge in [-0.3, -0.25) is 10.1 Å². The average Bonchev–Trinajstić information content (AvgIpc) is 3.38. The standard InChI is InChI=1S/C20H25N5O3S/c1-2-25-18(12-7-8-15-16(9-12)28-11-27-15)23-24-20(25)29-10-17-21-14-6-4-3-5-13(14)19(26)22-17/h7-9,13-14,17,21H,2-6,10-11H2,1H3,(H,22,26). The molecule has 1 saturated heterocycles. The van der Waals surface area contributed by atoms with Crippen molar-refractivity contribution in [2.45, 2.75) is 56.5 Å². The van der Waals surface area contributed by atoms with Crippen molar-refractivity contribution in [1.82, 2.24) is 25.4 Å². The van der Waals surface area contributed by atoms with Crippen molar-refractivity contribution in [2.75, 3.05) is 12.5 Å². The fraction of sp³-hybridized carbons (Fsp3) is 0.550. The van der Waals surface area contributed by atoms with Gasteiger partial charge in [0, 0.05) is 23.9 Å². The number of hydrogen-bond acceptors (Lipinski definition) is 7. The Morgan fingerprint density at radius 1 is 1.21 bits per heavy atom. The molecule has 0 radical (unpaired) electrons. The molecule has 1 aromatic heterocycles. The smallest absolute Gasteiger partial charge is 0.231 e. The number of carbonyl (C=O) groups is 1. The van der Waals surface area contributed by atoms with Gasteiger partial charge in [-0.15, -0.1) is 10.2 Å². The molecular weight excluding hydrogens is 390 g/mol. The molecule has 1 saturated carbocycles. The van der Waals surface area contributed by atoms with Crippen LogP contribution in [0.5, 0.6) is 11.5 Å². The summed E-state index contributed by atoms with van der Waals surface area (Å²) in [6.07, 6.45) is 4.38. The molecule has 0 spiro atoms. The number of nitrogens with zero attached hydrogens (tertiary/aromatic N) is 3. The van der Waals surface area contributed by atoms with Gasteiger partial charge in [0.15, 0.2) is 22.5 Å². The topological polar surface area (TPSA) is 90.3 Å². The van der Waals surface area contributed by atoms with Crippen LogP contribution in [-0.4, -0.2) is 45.4 Å². The molecule has 2 fully saturated rings. The van der Waals surface area contributed by atoms with E-state index in [0.29, 0.717) is 11.8 Å². The van der Waals surface area contributed by atoms with Crippen molar-refractivity contribution in [3.8, 4) is 22.9 Å². The Kier molecular flexibility index (Phi) is 5.09. The second-order valence-electron chi connectivity index (χ2n) is 7.65. The van der Waals surface area contributed by atoms with Crippen molar-refractivity contribution < 1.29 is 14.3 Å². The molecule has 3 atom stereocenters. The van der Waals surface area contributed by atoms with Gasteiger partial charge in [-0.1, -0.05) is 24.6 Å². The van der Waals surface area contributed by atoms with E-state index in [9.17, 15) is 4.79 Å². The highest BCUT2D eigenvalue weighted by Crippen LogP contribution is 2.36. The summed E-state index contributed by atoms with van der Waals surface area (Å²) in [7, 11) is 0. The number of amides is 1. The number of fused-ring (bicyclic) bond motifs is 2. The Morgan fingerprint density at radius 2 is 2.07 bits per heavy atom. The third-order valence-electron chi connectivity index (χ3n) is 5.88. The molecule has 154 valence electrons. The minimum Gasteiger partial charge on any atom is -0.454 e. The van der Waals surface area contributed by atoms with Gasteiger partial charge in [0.05, 0.1) is 12.1 Å². The zero-order valence-electron chi connectivity index (χ0n) is 16.4. The zero-order valence-corrected chi connectivity index (χ0v) is 17.2. The van der Waals surface area contributed by atoms with Crippen LogP contribution in [-0.2, 0) is 11.3 Å². The van der Waals surface area contributed by atoms with Crippen LogP contribution in [0, 0.1) is 5.92 Å². The highest BCUT2D eigenvalue weighted by molar-refractivity contribution is 7.99. The van der Waals surface area contributed by atoms with Crippen LogP contribution in [0.25, 0.3) is 11.4 Å². The predicted octanol–water partition coefficient (Wildman–Crippen LogP) is 2.39. The van der Waals surface area contributed by atoms with Gasteiger partial charge in [0.25, 0.3) is 0 Å². The minimum atomic E-state index is -0.0390. The SMILES string of the molecule is CCn1c(SCC2NC(=O)C3CCCCC3N2)nnc1-c1ccc2c(c1)OCO2. The molecule has 5 rings (SSSR count). The molecular formula is C20H25N5O3S. The van der Waals surface area contributed by atoms with Gasteiger partial charge < -0.3 is 19.4 Å². The Labute approximate surface area is 173 Å². The molecule has 2 aliphatic heterocycles. The van der Waals surface area contributed by atoms with Gasteiger partial charge in [-0.25, -0.2) is 0 Å². The lowest BCUT2D eigenvalue weighted by atomic mass is 9.82. The number of benzene rings is 1. The number of hydrogen-bond donors (Lipinski definition) is 2. The first kappa shape index (κ1) is 18.7. The average molecular weight is 416 g/mol. The lowest BCUT2D eigenvalue weighted by Gasteiger charge is -2.40. The van der Waals surface area contributed by atoms with Crippen LogP contribution in [0.4, 0.5) is 0 Å². The number of nitrogens with one attached hydrogen (secondary N) is 2. The third kappa shape index (κ3) is 3.57. The summed E-state index contributed by atoms with van der Waals surface area (Å²) in [6, 6.07) is 6.13. The first-order valence-corrected chi connectivity index (χ1v) is 11.2. The molecule has 1 aliphatic carbocycles. The number of thioether (sulfide) groups is 1. The van der Waals surface area contributed by atoms with E-state index >= 15 is 0 Å². The minimum absolute atomic E-state index is 0.0390. The molecule has 1 amide bonds. The van der Waals surface area contributed by atoms with Crippen LogP contribution in [0.1, 0.15) is 32.6 Å². The Morgan fingerprint density at radius 3 is 2.97 bits per heavy atom. The molecule has 2 N–H and O–H groups in total. The summed E-state index contributed by atoms with van der Waals surface area (Å²) in [5.41, 5.74) is 0.949. The van der Waals surface area contributed by atoms with Crippen molar-refractivity contribution >= 4 is 17.7 Å². The molecule has 3 aliphatic rings. The Balaban J connectivity index is 1.29. The molecule has 2 aromatic rings. The van der Waals surface area contributed by atoms with E-state index in [2.05, 4.69) is 32.3 Å². The first-order valence-electron chi connectivity index (χ1n) is 10.3. The third-order valence-corrected chi connectivity index (χ3v) is 6.94. The normalized spacial score (nSPS) is 25.6. The van der Waals surface area contributed by atoms with Crippen LogP contribution >= 0.6 is 11.8 Å². The van der Waals surface area contributed by atoms with Crippen LogP contribution in [0.2, 0.25) is 0 Å². The van der Waals surface area contributed by atoms with E-state index in [1.54, 1.807) is 11.8 Å². The molecule has 29 heavy (non-hydrogen) atoms. The summed E-state index contributed by atoms with van der Waals surface area (Å²) in [6.45, 7) is 3.09. The number of ether oxygens (including phenoxy) is 2. The monoisotopic (exact) mass is 415 g/mol. The van der Waals surface area contributed by atoms with Crippen molar-refractivity contribution in [3.63, 3.8) is 0 Å². The van der Waals surface area contributed by atoms with E-state index in [1.165, 1.54) is 6.42 Å². The lowest BCUT2D eigenvalue weighted by Crippen LogP contribution is -2.62. The number of carbonyl (C=O) groups excluding carboxylic acids is 1. The van der Waals surface area contributed by atoms with E-state index in [4.69, 9.17) is 9.47 Å². The van der Waals surface area contributed by atoms with E-state index in [0.717, 1.165) is 53.9 Å². The summed E-state index contributed by atoms with van der Waals surface area (Å²) in [4.78, 5) is 12.4. The Bertz CT molecular complexity index is 918. The van der Waals surface area contributed by atoms with Gasteiger partial charge in [0.2, 0.25) is 12.7 Å². The first-order chi connectivity index (χ1) is 14.2. The Hall–Kier alpha value is -2.26. The molecule has 1 aromatic carbocycles. The highest BCUT2D eigenvalue weighted by atomic mass is 32.2.